The maximum absolute atomic E-state index is 13.8. The van der Waals surface area contributed by atoms with Gasteiger partial charge < -0.3 is 4.90 Å². The summed E-state index contributed by atoms with van der Waals surface area (Å²) in [7, 11) is 1.77. The fourth-order valence-corrected chi connectivity index (χ4v) is 1.90. The third-order valence-corrected chi connectivity index (χ3v) is 2.78. The van der Waals surface area contributed by atoms with E-state index in [1.165, 1.54) is 0 Å². The number of nitrogens with zero attached hydrogens (tertiary/aromatic N) is 3. The number of halogens is 2. The third-order valence-electron chi connectivity index (χ3n) is 2.53. The van der Waals surface area contributed by atoms with Gasteiger partial charge >= 0.3 is 0 Å². The Morgan fingerprint density at radius 1 is 1.22 bits per heavy atom. The fourth-order valence-electron chi connectivity index (χ4n) is 1.70. The number of aryl methyl sites for hydroxylation is 1. The summed E-state index contributed by atoms with van der Waals surface area (Å²) in [6.45, 7) is 2.25. The Bertz CT molecular complexity index is 545. The predicted octanol–water partition coefficient (Wildman–Crippen LogP) is 3.21. The average Bonchev–Trinajstić information content (AvgIpc) is 2.35. The molecular weight excluding hydrogens is 253 g/mol. The van der Waals surface area contributed by atoms with Crippen molar-refractivity contribution in [2.45, 2.75) is 13.5 Å². The lowest BCUT2D eigenvalue weighted by atomic mass is 10.2. The van der Waals surface area contributed by atoms with Crippen molar-refractivity contribution in [2.75, 3.05) is 11.9 Å². The molecule has 0 bridgehead atoms. The fraction of sp³-hybridized carbons (Fsp3) is 0.231. The van der Waals surface area contributed by atoms with Crippen LogP contribution < -0.4 is 4.90 Å². The molecule has 0 saturated carbocycles. The molecule has 0 amide bonds. The topological polar surface area (TPSA) is 29.0 Å². The second-order valence-corrected chi connectivity index (χ2v) is 4.40. The summed E-state index contributed by atoms with van der Waals surface area (Å²) in [5, 5.41) is -0.141. The molecule has 2 aromatic rings. The summed E-state index contributed by atoms with van der Waals surface area (Å²) in [5.41, 5.74) is 1.08. The highest BCUT2D eigenvalue weighted by Gasteiger charge is 2.15. The summed E-state index contributed by atoms with van der Waals surface area (Å²) >= 11 is 5.71. The molecule has 0 radical (unpaired) electrons. The maximum Gasteiger partial charge on any atom is 0.202 e. The maximum atomic E-state index is 13.8. The molecular formula is C13H13ClFN3. The van der Waals surface area contributed by atoms with Crippen LogP contribution in [-0.2, 0) is 6.54 Å². The highest BCUT2D eigenvalue weighted by Crippen LogP contribution is 2.22. The molecule has 18 heavy (non-hydrogen) atoms. The van der Waals surface area contributed by atoms with Crippen molar-refractivity contribution in [1.82, 2.24) is 9.97 Å². The van der Waals surface area contributed by atoms with Crippen molar-refractivity contribution in [3.8, 4) is 0 Å². The largest absolute Gasteiger partial charge is 0.353 e. The molecule has 1 aromatic carbocycles. The minimum absolute atomic E-state index is 0.141. The Hall–Kier alpha value is -1.68. The molecule has 0 fully saturated rings. The van der Waals surface area contributed by atoms with Gasteiger partial charge in [0.15, 0.2) is 11.0 Å². The van der Waals surface area contributed by atoms with Crippen LogP contribution in [0, 0.1) is 12.7 Å². The first-order chi connectivity index (χ1) is 8.58. The Morgan fingerprint density at radius 3 is 2.56 bits per heavy atom. The Kier molecular flexibility index (Phi) is 3.77. The number of rotatable bonds is 3. The molecule has 0 saturated heterocycles. The van der Waals surface area contributed by atoms with Crippen LogP contribution in [-0.4, -0.2) is 17.0 Å². The van der Waals surface area contributed by atoms with E-state index < -0.39 is 5.82 Å². The van der Waals surface area contributed by atoms with Gasteiger partial charge in [-0.3, -0.25) is 0 Å². The predicted molar refractivity (Wildman–Crippen MR) is 70.3 cm³/mol. The van der Waals surface area contributed by atoms with E-state index in [4.69, 9.17) is 11.6 Å². The van der Waals surface area contributed by atoms with E-state index in [0.29, 0.717) is 12.4 Å². The number of hydrogen-bond acceptors (Lipinski definition) is 3. The molecule has 0 aliphatic carbocycles. The van der Waals surface area contributed by atoms with Crippen molar-refractivity contribution in [3.63, 3.8) is 0 Å². The zero-order valence-electron chi connectivity index (χ0n) is 10.2. The van der Waals surface area contributed by atoms with Gasteiger partial charge in [0.05, 0.1) is 0 Å². The number of hydrogen-bond donors (Lipinski definition) is 0. The molecule has 5 heteroatoms. The van der Waals surface area contributed by atoms with E-state index in [9.17, 15) is 4.39 Å². The molecule has 3 nitrogen and oxygen atoms in total. The SMILES string of the molecule is Cc1nc(Cl)c(F)c(N(C)Cc2ccccc2)n1. The molecule has 0 spiro atoms. The van der Waals surface area contributed by atoms with Crippen LogP contribution in [0.25, 0.3) is 0 Å². The molecule has 0 unspecified atom stereocenters. The van der Waals surface area contributed by atoms with Gasteiger partial charge in [-0.05, 0) is 12.5 Å². The highest BCUT2D eigenvalue weighted by molar-refractivity contribution is 6.29. The highest BCUT2D eigenvalue weighted by atomic mass is 35.5. The molecule has 0 aliphatic heterocycles. The van der Waals surface area contributed by atoms with Crippen molar-refractivity contribution in [2.24, 2.45) is 0 Å². The van der Waals surface area contributed by atoms with Crippen LogP contribution in [0.1, 0.15) is 11.4 Å². The zero-order chi connectivity index (χ0) is 13.1. The standard InChI is InChI=1S/C13H13ClFN3/c1-9-16-12(14)11(15)13(17-9)18(2)8-10-6-4-3-5-7-10/h3-7H,8H2,1-2H3. The van der Waals surface area contributed by atoms with Crippen LogP contribution >= 0.6 is 11.6 Å². The van der Waals surface area contributed by atoms with Crippen LogP contribution in [0.4, 0.5) is 10.2 Å². The minimum Gasteiger partial charge on any atom is -0.353 e. The number of benzene rings is 1. The summed E-state index contributed by atoms with van der Waals surface area (Å²) in [6, 6.07) is 9.78. The third kappa shape index (κ3) is 2.76. The lowest BCUT2D eigenvalue weighted by Gasteiger charge is -2.19. The van der Waals surface area contributed by atoms with Gasteiger partial charge in [0.25, 0.3) is 0 Å². The van der Waals surface area contributed by atoms with Crippen LogP contribution in [0.15, 0.2) is 30.3 Å². The van der Waals surface area contributed by atoms with Gasteiger partial charge in [-0.15, -0.1) is 0 Å². The van der Waals surface area contributed by atoms with E-state index in [1.54, 1.807) is 18.9 Å². The van der Waals surface area contributed by atoms with E-state index in [2.05, 4.69) is 9.97 Å². The smallest absolute Gasteiger partial charge is 0.202 e. The van der Waals surface area contributed by atoms with Gasteiger partial charge in [-0.2, -0.15) is 4.39 Å². The van der Waals surface area contributed by atoms with Crippen molar-refractivity contribution in [1.29, 1.82) is 0 Å². The Labute approximate surface area is 110 Å². The lowest BCUT2D eigenvalue weighted by molar-refractivity contribution is 0.605. The molecule has 0 aliphatic rings. The number of anilines is 1. The molecule has 0 atom stereocenters. The van der Waals surface area contributed by atoms with E-state index in [-0.39, 0.29) is 11.0 Å². The van der Waals surface area contributed by atoms with E-state index in [0.717, 1.165) is 5.56 Å². The van der Waals surface area contributed by atoms with Crippen LogP contribution in [0.2, 0.25) is 5.15 Å². The Balaban J connectivity index is 2.26. The van der Waals surface area contributed by atoms with E-state index in [1.807, 2.05) is 30.3 Å². The van der Waals surface area contributed by atoms with Crippen LogP contribution in [0.3, 0.4) is 0 Å². The molecule has 94 valence electrons. The first-order valence-corrected chi connectivity index (χ1v) is 5.90. The quantitative estimate of drug-likeness (QED) is 0.798. The van der Waals surface area contributed by atoms with Crippen molar-refractivity contribution < 1.29 is 4.39 Å². The molecule has 1 heterocycles. The molecule has 1 aromatic heterocycles. The Morgan fingerprint density at radius 2 is 1.89 bits per heavy atom. The zero-order valence-corrected chi connectivity index (χ0v) is 10.9. The van der Waals surface area contributed by atoms with Gasteiger partial charge in [0, 0.05) is 13.6 Å². The summed E-state index contributed by atoms with van der Waals surface area (Å²) in [5.74, 6) is 0.0911. The van der Waals surface area contributed by atoms with E-state index >= 15 is 0 Å². The second-order valence-electron chi connectivity index (χ2n) is 4.04. The average molecular weight is 266 g/mol. The second kappa shape index (κ2) is 5.31. The number of aromatic nitrogens is 2. The van der Waals surface area contributed by atoms with Gasteiger partial charge in [0.2, 0.25) is 5.82 Å². The first-order valence-electron chi connectivity index (χ1n) is 5.52. The summed E-state index contributed by atoms with van der Waals surface area (Å²) in [4.78, 5) is 9.57. The summed E-state index contributed by atoms with van der Waals surface area (Å²) < 4.78 is 13.8. The van der Waals surface area contributed by atoms with Gasteiger partial charge in [-0.1, -0.05) is 41.9 Å². The molecule has 0 N–H and O–H groups in total. The first kappa shape index (κ1) is 12.8. The minimum atomic E-state index is -0.583. The van der Waals surface area contributed by atoms with Gasteiger partial charge in [0.1, 0.15) is 5.82 Å². The molecule has 2 rings (SSSR count). The lowest BCUT2D eigenvalue weighted by Crippen LogP contribution is -2.20. The van der Waals surface area contributed by atoms with Crippen LogP contribution in [0.5, 0.6) is 0 Å². The van der Waals surface area contributed by atoms with Crippen molar-refractivity contribution in [3.05, 3.63) is 52.7 Å². The van der Waals surface area contributed by atoms with Gasteiger partial charge in [-0.25, -0.2) is 9.97 Å². The normalized spacial score (nSPS) is 10.4. The van der Waals surface area contributed by atoms with Crippen molar-refractivity contribution >= 4 is 17.4 Å². The summed E-state index contributed by atoms with van der Waals surface area (Å²) in [6.07, 6.45) is 0. The monoisotopic (exact) mass is 265 g/mol.